The number of nitrogens with two attached hydrogens (primary N) is 2. The lowest BCUT2D eigenvalue weighted by Crippen LogP contribution is -2.17. The normalized spacial score (nSPS) is 10.8. The van der Waals surface area contributed by atoms with Crippen LogP contribution in [0.2, 0.25) is 0 Å². The van der Waals surface area contributed by atoms with Gasteiger partial charge in [-0.25, -0.2) is 0 Å². The largest absolute Gasteiger partial charge is 0.383 e. The van der Waals surface area contributed by atoms with Crippen molar-refractivity contribution in [1.29, 1.82) is 0 Å². The van der Waals surface area contributed by atoms with Gasteiger partial charge in [0.1, 0.15) is 0 Å². The molecule has 0 bridgehead atoms. The van der Waals surface area contributed by atoms with Crippen molar-refractivity contribution in [1.82, 2.24) is 0 Å². The first-order chi connectivity index (χ1) is 8.54. The molecular weight excluding hydrogens is 222 g/mol. The molecule has 0 saturated carbocycles. The molecule has 0 aromatic heterocycles. The SMILES string of the molecule is Cc1c(C)c(C)c(NCCN)c(CCCN)c1C. The molecule has 0 aliphatic rings. The Balaban J connectivity index is 3.24. The van der Waals surface area contributed by atoms with Gasteiger partial charge in [0.2, 0.25) is 0 Å². The fraction of sp³-hybridized carbons (Fsp3) is 0.600. The summed E-state index contributed by atoms with van der Waals surface area (Å²) in [4.78, 5) is 0. The van der Waals surface area contributed by atoms with Crippen molar-refractivity contribution in [3.63, 3.8) is 0 Å². The summed E-state index contributed by atoms with van der Waals surface area (Å²) in [6.45, 7) is 11.0. The Morgan fingerprint density at radius 1 is 0.833 bits per heavy atom. The molecule has 3 heteroatoms. The molecule has 1 rings (SSSR count). The maximum Gasteiger partial charge on any atom is 0.0408 e. The van der Waals surface area contributed by atoms with Crippen LogP contribution in [0.1, 0.15) is 34.2 Å². The van der Waals surface area contributed by atoms with Gasteiger partial charge < -0.3 is 16.8 Å². The van der Waals surface area contributed by atoms with Crippen molar-refractivity contribution >= 4 is 5.69 Å². The highest BCUT2D eigenvalue weighted by atomic mass is 14.9. The highest BCUT2D eigenvalue weighted by Gasteiger charge is 2.14. The Labute approximate surface area is 111 Å². The molecule has 0 aliphatic carbocycles. The van der Waals surface area contributed by atoms with Gasteiger partial charge in [0.05, 0.1) is 0 Å². The second kappa shape index (κ2) is 6.76. The zero-order valence-electron chi connectivity index (χ0n) is 12.2. The summed E-state index contributed by atoms with van der Waals surface area (Å²) in [5.41, 5.74) is 19.4. The van der Waals surface area contributed by atoms with E-state index in [4.69, 9.17) is 11.5 Å². The van der Waals surface area contributed by atoms with Crippen molar-refractivity contribution in [2.24, 2.45) is 11.5 Å². The van der Waals surface area contributed by atoms with Crippen LogP contribution in [-0.2, 0) is 6.42 Å². The van der Waals surface area contributed by atoms with E-state index in [1.165, 1.54) is 33.5 Å². The highest BCUT2D eigenvalue weighted by molar-refractivity contribution is 5.65. The van der Waals surface area contributed by atoms with Crippen molar-refractivity contribution in [2.75, 3.05) is 25.0 Å². The Morgan fingerprint density at radius 3 is 2.00 bits per heavy atom. The van der Waals surface area contributed by atoms with Gasteiger partial charge in [-0.05, 0) is 74.9 Å². The van der Waals surface area contributed by atoms with Crippen molar-refractivity contribution < 1.29 is 0 Å². The second-order valence-corrected chi connectivity index (χ2v) is 4.96. The number of nitrogens with one attached hydrogen (secondary N) is 1. The van der Waals surface area contributed by atoms with E-state index < -0.39 is 0 Å². The van der Waals surface area contributed by atoms with E-state index in [-0.39, 0.29) is 0 Å². The van der Waals surface area contributed by atoms with Crippen LogP contribution >= 0.6 is 0 Å². The molecule has 0 atom stereocenters. The third kappa shape index (κ3) is 3.03. The van der Waals surface area contributed by atoms with Gasteiger partial charge >= 0.3 is 0 Å². The average molecular weight is 249 g/mol. The van der Waals surface area contributed by atoms with Gasteiger partial charge in [-0.3, -0.25) is 0 Å². The maximum absolute atomic E-state index is 5.64. The molecule has 102 valence electrons. The van der Waals surface area contributed by atoms with E-state index in [9.17, 15) is 0 Å². The molecule has 0 unspecified atom stereocenters. The molecule has 0 fully saturated rings. The minimum Gasteiger partial charge on any atom is -0.383 e. The first-order valence-corrected chi connectivity index (χ1v) is 6.77. The Hall–Kier alpha value is -1.06. The molecule has 18 heavy (non-hydrogen) atoms. The van der Waals surface area contributed by atoms with Gasteiger partial charge in [0.25, 0.3) is 0 Å². The minimum absolute atomic E-state index is 0.655. The Bertz CT molecular complexity index is 372. The summed E-state index contributed by atoms with van der Waals surface area (Å²) in [5.74, 6) is 0. The molecule has 0 aliphatic heterocycles. The number of rotatable bonds is 6. The van der Waals surface area contributed by atoms with Gasteiger partial charge in [-0.15, -0.1) is 0 Å². The van der Waals surface area contributed by atoms with Crippen LogP contribution in [0.4, 0.5) is 5.69 Å². The predicted molar refractivity (Wildman–Crippen MR) is 80.3 cm³/mol. The lowest BCUT2D eigenvalue weighted by molar-refractivity contribution is 0.824. The summed E-state index contributed by atoms with van der Waals surface area (Å²) in [5, 5.41) is 3.48. The van der Waals surface area contributed by atoms with Crippen LogP contribution in [0.5, 0.6) is 0 Å². The molecular formula is C15H27N3. The number of anilines is 1. The second-order valence-electron chi connectivity index (χ2n) is 4.96. The van der Waals surface area contributed by atoms with Crippen molar-refractivity contribution in [3.05, 3.63) is 27.8 Å². The van der Waals surface area contributed by atoms with Crippen LogP contribution in [0.3, 0.4) is 0 Å². The highest BCUT2D eigenvalue weighted by Crippen LogP contribution is 2.31. The van der Waals surface area contributed by atoms with Gasteiger partial charge in [0, 0.05) is 18.8 Å². The maximum atomic E-state index is 5.64. The van der Waals surface area contributed by atoms with Crippen molar-refractivity contribution in [3.8, 4) is 0 Å². The minimum atomic E-state index is 0.655. The lowest BCUT2D eigenvalue weighted by Gasteiger charge is -2.21. The summed E-state index contributed by atoms with van der Waals surface area (Å²) < 4.78 is 0. The molecule has 1 aromatic carbocycles. The quantitative estimate of drug-likeness (QED) is 0.724. The third-order valence-electron chi connectivity index (χ3n) is 3.89. The van der Waals surface area contributed by atoms with Crippen LogP contribution in [0.25, 0.3) is 0 Å². The number of benzene rings is 1. The Morgan fingerprint density at radius 2 is 1.44 bits per heavy atom. The first kappa shape index (κ1) is 15.0. The fourth-order valence-corrected chi connectivity index (χ4v) is 2.42. The summed E-state index contributed by atoms with van der Waals surface area (Å²) in [6, 6.07) is 0. The van der Waals surface area contributed by atoms with E-state index in [0.29, 0.717) is 6.54 Å². The zero-order valence-corrected chi connectivity index (χ0v) is 12.2. The molecule has 0 spiro atoms. The topological polar surface area (TPSA) is 64.1 Å². The number of hydrogen-bond donors (Lipinski definition) is 3. The lowest BCUT2D eigenvalue weighted by atomic mass is 9.90. The van der Waals surface area contributed by atoms with Crippen molar-refractivity contribution in [2.45, 2.75) is 40.5 Å². The van der Waals surface area contributed by atoms with Crippen LogP contribution in [0, 0.1) is 27.7 Å². The molecule has 0 amide bonds. The first-order valence-electron chi connectivity index (χ1n) is 6.77. The number of hydrogen-bond acceptors (Lipinski definition) is 3. The molecule has 5 N–H and O–H groups in total. The zero-order chi connectivity index (χ0) is 13.7. The smallest absolute Gasteiger partial charge is 0.0408 e. The summed E-state index contributed by atoms with van der Waals surface area (Å²) >= 11 is 0. The van der Waals surface area contributed by atoms with Gasteiger partial charge in [-0.2, -0.15) is 0 Å². The van der Waals surface area contributed by atoms with Crippen LogP contribution < -0.4 is 16.8 Å². The van der Waals surface area contributed by atoms with Crippen LogP contribution in [0.15, 0.2) is 0 Å². The molecule has 0 radical (unpaired) electrons. The average Bonchev–Trinajstić information content (AvgIpc) is 2.38. The van der Waals surface area contributed by atoms with Gasteiger partial charge in [0.15, 0.2) is 0 Å². The van der Waals surface area contributed by atoms with E-state index in [2.05, 4.69) is 33.0 Å². The van der Waals surface area contributed by atoms with E-state index in [0.717, 1.165) is 25.9 Å². The summed E-state index contributed by atoms with van der Waals surface area (Å²) in [7, 11) is 0. The van der Waals surface area contributed by atoms with E-state index in [1.807, 2.05) is 0 Å². The molecule has 1 aromatic rings. The monoisotopic (exact) mass is 249 g/mol. The summed E-state index contributed by atoms with van der Waals surface area (Å²) in [6.07, 6.45) is 2.07. The van der Waals surface area contributed by atoms with E-state index in [1.54, 1.807) is 0 Å². The molecule has 0 heterocycles. The van der Waals surface area contributed by atoms with E-state index >= 15 is 0 Å². The van der Waals surface area contributed by atoms with Gasteiger partial charge in [-0.1, -0.05) is 0 Å². The predicted octanol–water partition coefficient (Wildman–Crippen LogP) is 2.18. The fourth-order valence-electron chi connectivity index (χ4n) is 2.42. The molecule has 0 saturated heterocycles. The molecule has 3 nitrogen and oxygen atoms in total. The standard InChI is InChI=1S/C15H27N3/c1-10-11(2)13(4)15(18-9-8-17)14(12(10)3)6-5-7-16/h18H,5-9,16-17H2,1-4H3. The Kier molecular flexibility index (Phi) is 5.63. The van der Waals surface area contributed by atoms with Crippen LogP contribution in [-0.4, -0.2) is 19.6 Å². The third-order valence-corrected chi connectivity index (χ3v) is 3.89.